The van der Waals surface area contributed by atoms with E-state index in [4.69, 9.17) is 9.47 Å². The highest BCUT2D eigenvalue weighted by Gasteiger charge is 2.21. The van der Waals surface area contributed by atoms with Crippen LogP contribution in [0.15, 0.2) is 23.1 Å². The second kappa shape index (κ2) is 9.03. The molecule has 1 fully saturated rings. The molecule has 6 heteroatoms. The van der Waals surface area contributed by atoms with E-state index in [-0.39, 0.29) is 5.91 Å². The van der Waals surface area contributed by atoms with Crippen LogP contribution in [0.1, 0.15) is 19.3 Å². The van der Waals surface area contributed by atoms with E-state index in [1.165, 1.54) is 0 Å². The Hall–Kier alpha value is -1.40. The number of carbonyl (C=O) groups excluding carboxylic acids is 1. The summed E-state index contributed by atoms with van der Waals surface area (Å²) in [5, 5.41) is 3.33. The van der Waals surface area contributed by atoms with Crippen molar-refractivity contribution in [3.63, 3.8) is 0 Å². The molecule has 0 radical (unpaired) electrons. The standard InChI is InChI=1S/C17H26N2O3S/c1-19(13-6-9-18-10-7-13)17(20)8-11-23-14-4-5-15(21-2)16(12-14)22-3/h4-5,12-13,18H,6-11H2,1-3H3. The lowest BCUT2D eigenvalue weighted by Crippen LogP contribution is -2.44. The van der Waals surface area contributed by atoms with Gasteiger partial charge in [-0.25, -0.2) is 0 Å². The Kier molecular flexibility index (Phi) is 7.05. The zero-order valence-corrected chi connectivity index (χ0v) is 14.9. The van der Waals surface area contributed by atoms with Crippen LogP contribution in [0.2, 0.25) is 0 Å². The predicted molar refractivity (Wildman–Crippen MR) is 93.5 cm³/mol. The predicted octanol–water partition coefficient (Wildman–Crippen LogP) is 2.40. The van der Waals surface area contributed by atoms with Crippen LogP contribution in [-0.4, -0.2) is 57.0 Å². The van der Waals surface area contributed by atoms with Crippen LogP contribution in [0.4, 0.5) is 0 Å². The van der Waals surface area contributed by atoms with E-state index in [9.17, 15) is 4.79 Å². The Bertz CT molecular complexity index is 519. The first-order valence-electron chi connectivity index (χ1n) is 7.97. The summed E-state index contributed by atoms with van der Waals surface area (Å²) in [4.78, 5) is 15.3. The Morgan fingerprint density at radius 1 is 1.26 bits per heavy atom. The van der Waals surface area contributed by atoms with Gasteiger partial charge in [-0.15, -0.1) is 11.8 Å². The van der Waals surface area contributed by atoms with Gasteiger partial charge in [0.2, 0.25) is 5.91 Å². The van der Waals surface area contributed by atoms with Crippen LogP contribution in [-0.2, 0) is 4.79 Å². The maximum atomic E-state index is 12.3. The van der Waals surface area contributed by atoms with Gasteiger partial charge in [-0.2, -0.15) is 0 Å². The zero-order chi connectivity index (χ0) is 16.7. The molecule has 1 heterocycles. The molecule has 0 atom stereocenters. The van der Waals surface area contributed by atoms with Crippen molar-refractivity contribution in [1.82, 2.24) is 10.2 Å². The second-order valence-electron chi connectivity index (χ2n) is 5.60. The molecule has 0 aromatic heterocycles. The van der Waals surface area contributed by atoms with Crippen LogP contribution in [0.25, 0.3) is 0 Å². The van der Waals surface area contributed by atoms with Crippen molar-refractivity contribution in [2.45, 2.75) is 30.2 Å². The number of nitrogens with one attached hydrogen (secondary N) is 1. The highest BCUT2D eigenvalue weighted by Crippen LogP contribution is 2.32. The van der Waals surface area contributed by atoms with Gasteiger partial charge in [0, 0.05) is 30.2 Å². The third kappa shape index (κ3) is 5.04. The van der Waals surface area contributed by atoms with Gasteiger partial charge >= 0.3 is 0 Å². The molecular weight excluding hydrogens is 312 g/mol. The topological polar surface area (TPSA) is 50.8 Å². The van der Waals surface area contributed by atoms with Crippen molar-refractivity contribution in [2.24, 2.45) is 0 Å². The summed E-state index contributed by atoms with van der Waals surface area (Å²) >= 11 is 1.67. The molecule has 2 rings (SSSR count). The smallest absolute Gasteiger partial charge is 0.223 e. The van der Waals surface area contributed by atoms with Gasteiger partial charge in [-0.3, -0.25) is 4.79 Å². The molecule has 0 spiro atoms. The molecule has 1 saturated heterocycles. The molecule has 1 aromatic carbocycles. The normalized spacial score (nSPS) is 15.3. The SMILES string of the molecule is COc1ccc(SCCC(=O)N(C)C2CCNCC2)cc1OC. The summed E-state index contributed by atoms with van der Waals surface area (Å²) in [6, 6.07) is 6.22. The number of benzene rings is 1. The lowest BCUT2D eigenvalue weighted by molar-refractivity contribution is -0.131. The first-order chi connectivity index (χ1) is 11.2. The fourth-order valence-electron chi connectivity index (χ4n) is 2.74. The quantitative estimate of drug-likeness (QED) is 0.774. The number of thioether (sulfide) groups is 1. The van der Waals surface area contributed by atoms with E-state index >= 15 is 0 Å². The number of ether oxygens (including phenoxy) is 2. The molecule has 1 aliphatic heterocycles. The van der Waals surface area contributed by atoms with Gasteiger partial charge < -0.3 is 19.7 Å². The van der Waals surface area contributed by atoms with Gasteiger partial charge in [0.25, 0.3) is 0 Å². The average Bonchev–Trinajstić information content (AvgIpc) is 2.61. The van der Waals surface area contributed by atoms with Gasteiger partial charge in [0.1, 0.15) is 0 Å². The molecule has 128 valence electrons. The van der Waals surface area contributed by atoms with Crippen LogP contribution in [0.5, 0.6) is 11.5 Å². The molecular formula is C17H26N2O3S. The number of carbonyl (C=O) groups is 1. The van der Waals surface area contributed by atoms with Crippen molar-refractivity contribution in [1.29, 1.82) is 0 Å². The minimum absolute atomic E-state index is 0.227. The minimum atomic E-state index is 0.227. The van der Waals surface area contributed by atoms with E-state index in [0.717, 1.165) is 48.1 Å². The first-order valence-corrected chi connectivity index (χ1v) is 8.95. The average molecular weight is 338 g/mol. The fourth-order valence-corrected chi connectivity index (χ4v) is 3.60. The van der Waals surface area contributed by atoms with Crippen molar-refractivity contribution in [2.75, 3.05) is 40.1 Å². The number of nitrogens with zero attached hydrogens (tertiary/aromatic N) is 1. The summed E-state index contributed by atoms with van der Waals surface area (Å²) in [6.45, 7) is 2.01. The van der Waals surface area contributed by atoms with Crippen LogP contribution in [0, 0.1) is 0 Å². The first kappa shape index (κ1) is 17.9. The van der Waals surface area contributed by atoms with Gasteiger partial charge in [-0.1, -0.05) is 0 Å². The van der Waals surface area contributed by atoms with Crippen LogP contribution in [0.3, 0.4) is 0 Å². The highest BCUT2D eigenvalue weighted by atomic mass is 32.2. The number of rotatable bonds is 7. The van der Waals surface area contributed by atoms with E-state index in [1.54, 1.807) is 26.0 Å². The maximum absolute atomic E-state index is 12.3. The molecule has 5 nitrogen and oxygen atoms in total. The zero-order valence-electron chi connectivity index (χ0n) is 14.1. The van der Waals surface area contributed by atoms with Crippen molar-refractivity contribution >= 4 is 17.7 Å². The molecule has 0 bridgehead atoms. The largest absolute Gasteiger partial charge is 0.493 e. The highest BCUT2D eigenvalue weighted by molar-refractivity contribution is 7.99. The molecule has 1 aromatic rings. The number of amides is 1. The van der Waals surface area contributed by atoms with E-state index in [0.29, 0.717) is 12.5 Å². The number of hydrogen-bond donors (Lipinski definition) is 1. The Morgan fingerprint density at radius 2 is 1.96 bits per heavy atom. The van der Waals surface area contributed by atoms with Gasteiger partial charge in [-0.05, 0) is 44.1 Å². The molecule has 1 aliphatic rings. The molecule has 23 heavy (non-hydrogen) atoms. The summed E-state index contributed by atoms with van der Waals surface area (Å²) in [7, 11) is 5.18. The second-order valence-corrected chi connectivity index (χ2v) is 6.77. The van der Waals surface area contributed by atoms with E-state index in [1.807, 2.05) is 30.1 Å². The van der Waals surface area contributed by atoms with Crippen LogP contribution < -0.4 is 14.8 Å². The minimum Gasteiger partial charge on any atom is -0.493 e. The summed E-state index contributed by atoms with van der Waals surface area (Å²) < 4.78 is 10.5. The van der Waals surface area contributed by atoms with Crippen molar-refractivity contribution in [3.8, 4) is 11.5 Å². The molecule has 0 unspecified atom stereocenters. The van der Waals surface area contributed by atoms with E-state index < -0.39 is 0 Å². The van der Waals surface area contributed by atoms with Gasteiger partial charge in [0.15, 0.2) is 11.5 Å². The lowest BCUT2D eigenvalue weighted by atomic mass is 10.1. The number of methoxy groups -OCH3 is 2. The summed E-state index contributed by atoms with van der Waals surface area (Å²) in [5.74, 6) is 2.43. The summed E-state index contributed by atoms with van der Waals surface area (Å²) in [5.41, 5.74) is 0. The summed E-state index contributed by atoms with van der Waals surface area (Å²) in [6.07, 6.45) is 2.65. The monoisotopic (exact) mass is 338 g/mol. The third-order valence-electron chi connectivity index (χ3n) is 4.19. The third-order valence-corrected chi connectivity index (χ3v) is 5.18. The molecule has 0 saturated carbocycles. The molecule has 1 amide bonds. The number of piperidine rings is 1. The lowest BCUT2D eigenvalue weighted by Gasteiger charge is -2.31. The maximum Gasteiger partial charge on any atom is 0.223 e. The number of hydrogen-bond acceptors (Lipinski definition) is 5. The molecule has 1 N–H and O–H groups in total. The van der Waals surface area contributed by atoms with Crippen molar-refractivity contribution in [3.05, 3.63) is 18.2 Å². The fraction of sp³-hybridized carbons (Fsp3) is 0.588. The van der Waals surface area contributed by atoms with Crippen molar-refractivity contribution < 1.29 is 14.3 Å². The Labute approximate surface area is 142 Å². The molecule has 0 aliphatic carbocycles. The van der Waals surface area contributed by atoms with E-state index in [2.05, 4.69) is 5.32 Å². The van der Waals surface area contributed by atoms with Gasteiger partial charge in [0.05, 0.1) is 14.2 Å². The Morgan fingerprint density at radius 3 is 2.61 bits per heavy atom. The Balaban J connectivity index is 1.80. The van der Waals surface area contributed by atoms with Crippen LogP contribution >= 0.6 is 11.8 Å².